The van der Waals surface area contributed by atoms with E-state index >= 15 is 0 Å². The molecule has 2 aromatic heterocycles. The molecule has 2 aliphatic rings. The summed E-state index contributed by atoms with van der Waals surface area (Å²) in [6.45, 7) is 2.30. The molecule has 6 heteroatoms. The van der Waals surface area contributed by atoms with Gasteiger partial charge in [0.2, 0.25) is 5.91 Å². The van der Waals surface area contributed by atoms with Crippen molar-refractivity contribution in [2.75, 3.05) is 7.05 Å². The van der Waals surface area contributed by atoms with Crippen molar-refractivity contribution >= 4 is 27.5 Å². The minimum Gasteiger partial charge on any atom is -0.337 e. The lowest BCUT2D eigenvalue weighted by Crippen LogP contribution is -2.37. The van der Waals surface area contributed by atoms with E-state index in [9.17, 15) is 9.59 Å². The third-order valence-corrected chi connectivity index (χ3v) is 7.95. The predicted octanol–water partition coefficient (Wildman–Crippen LogP) is 4.12. The molecule has 0 saturated carbocycles. The Hall–Kier alpha value is -2.47. The van der Waals surface area contributed by atoms with E-state index in [1.54, 1.807) is 17.7 Å². The molecular formula is C24H27N3O2S. The maximum Gasteiger partial charge on any atom is 0.262 e. The van der Waals surface area contributed by atoms with Crippen LogP contribution in [0.15, 0.2) is 35.4 Å². The SMILES string of the molecule is CC1CCc2c(sc3ncn(CC(=O)N(C)C4CCCc5ccccc54)c(=O)c23)C1. The molecule has 2 heterocycles. The smallest absolute Gasteiger partial charge is 0.262 e. The Morgan fingerprint density at radius 3 is 2.97 bits per heavy atom. The van der Waals surface area contributed by atoms with Gasteiger partial charge in [-0.25, -0.2) is 4.98 Å². The molecule has 0 saturated heterocycles. The molecule has 30 heavy (non-hydrogen) atoms. The minimum absolute atomic E-state index is 0.0396. The summed E-state index contributed by atoms with van der Waals surface area (Å²) in [5, 5.41) is 0.739. The summed E-state index contributed by atoms with van der Waals surface area (Å²) < 4.78 is 1.50. The van der Waals surface area contributed by atoms with Gasteiger partial charge in [-0.2, -0.15) is 0 Å². The predicted molar refractivity (Wildman–Crippen MR) is 120 cm³/mol. The first-order valence-corrected chi connectivity index (χ1v) is 11.7. The lowest BCUT2D eigenvalue weighted by atomic mass is 9.87. The minimum atomic E-state index is -0.0714. The fourth-order valence-corrected chi connectivity index (χ4v) is 6.38. The monoisotopic (exact) mass is 421 g/mol. The average molecular weight is 422 g/mol. The average Bonchev–Trinajstić information content (AvgIpc) is 3.13. The van der Waals surface area contributed by atoms with Gasteiger partial charge < -0.3 is 4.90 Å². The first-order chi connectivity index (χ1) is 14.5. The van der Waals surface area contributed by atoms with Crippen molar-refractivity contribution < 1.29 is 4.79 Å². The molecule has 0 aliphatic heterocycles. The van der Waals surface area contributed by atoms with Crippen LogP contribution in [-0.4, -0.2) is 27.4 Å². The number of hydrogen-bond acceptors (Lipinski definition) is 4. The first kappa shape index (κ1) is 19.5. The van der Waals surface area contributed by atoms with E-state index in [0.717, 1.165) is 48.7 Å². The van der Waals surface area contributed by atoms with Crippen LogP contribution in [-0.2, 0) is 30.6 Å². The first-order valence-electron chi connectivity index (χ1n) is 10.9. The maximum absolute atomic E-state index is 13.2. The molecule has 0 radical (unpaired) electrons. The number of hydrogen-bond donors (Lipinski definition) is 0. The number of carbonyl (C=O) groups excluding carboxylic acids is 1. The Labute approximate surface area is 180 Å². The van der Waals surface area contributed by atoms with Gasteiger partial charge >= 0.3 is 0 Å². The summed E-state index contributed by atoms with van der Waals surface area (Å²) in [5.41, 5.74) is 3.66. The number of aryl methyl sites for hydroxylation is 2. The summed E-state index contributed by atoms with van der Waals surface area (Å²) in [5.74, 6) is 0.610. The van der Waals surface area contributed by atoms with Crippen molar-refractivity contribution in [2.24, 2.45) is 5.92 Å². The molecule has 1 aromatic carbocycles. The highest BCUT2D eigenvalue weighted by Gasteiger charge is 2.28. The van der Waals surface area contributed by atoms with Gasteiger partial charge in [0, 0.05) is 11.9 Å². The van der Waals surface area contributed by atoms with Gasteiger partial charge in [-0.1, -0.05) is 31.2 Å². The normalized spacial score (nSPS) is 20.6. The molecule has 3 aromatic rings. The summed E-state index contributed by atoms with van der Waals surface area (Å²) in [6, 6.07) is 8.46. The number of likely N-dealkylation sites (N-methyl/N-ethyl adjacent to an activating group) is 1. The van der Waals surface area contributed by atoms with Crippen LogP contribution >= 0.6 is 11.3 Å². The van der Waals surface area contributed by atoms with Gasteiger partial charge in [0.05, 0.1) is 17.8 Å². The standard InChI is InChI=1S/C24H27N3O2S/c1-15-10-11-18-20(12-15)30-23-22(18)24(29)27(14-25-23)13-21(28)26(2)19-9-5-7-16-6-3-4-8-17(16)19/h3-4,6,8,14-15,19H,5,7,9-13H2,1-2H3. The lowest BCUT2D eigenvalue weighted by Gasteiger charge is -2.33. The Morgan fingerprint density at radius 1 is 1.27 bits per heavy atom. The fraction of sp³-hybridized carbons (Fsp3) is 0.458. The van der Waals surface area contributed by atoms with Gasteiger partial charge in [0.1, 0.15) is 11.4 Å². The van der Waals surface area contributed by atoms with Crippen LogP contribution in [0.2, 0.25) is 0 Å². The van der Waals surface area contributed by atoms with Gasteiger partial charge in [0.25, 0.3) is 5.56 Å². The van der Waals surface area contributed by atoms with E-state index < -0.39 is 0 Å². The molecule has 0 fully saturated rings. The molecule has 156 valence electrons. The molecular weight excluding hydrogens is 394 g/mol. The zero-order chi connectivity index (χ0) is 20.8. The Balaban J connectivity index is 1.43. The molecule has 2 aliphatic carbocycles. The van der Waals surface area contributed by atoms with Crippen LogP contribution in [0.3, 0.4) is 0 Å². The van der Waals surface area contributed by atoms with Crippen molar-refractivity contribution in [3.63, 3.8) is 0 Å². The van der Waals surface area contributed by atoms with Crippen molar-refractivity contribution in [1.29, 1.82) is 0 Å². The number of nitrogens with zero attached hydrogens (tertiary/aromatic N) is 3. The molecule has 0 bridgehead atoms. The van der Waals surface area contributed by atoms with Crippen LogP contribution in [0.25, 0.3) is 10.2 Å². The lowest BCUT2D eigenvalue weighted by molar-refractivity contribution is -0.133. The van der Waals surface area contributed by atoms with E-state index in [4.69, 9.17) is 0 Å². The molecule has 1 amide bonds. The molecule has 0 spiro atoms. The third kappa shape index (κ3) is 3.27. The Kier molecular flexibility index (Phi) is 4.97. The van der Waals surface area contributed by atoms with E-state index in [0.29, 0.717) is 5.92 Å². The Morgan fingerprint density at radius 2 is 2.10 bits per heavy atom. The zero-order valence-corrected chi connectivity index (χ0v) is 18.4. The molecule has 0 N–H and O–H groups in total. The second kappa shape index (κ2) is 7.65. The third-order valence-electron chi connectivity index (χ3n) is 6.79. The zero-order valence-electron chi connectivity index (χ0n) is 17.6. The van der Waals surface area contributed by atoms with Crippen molar-refractivity contribution in [3.05, 3.63) is 62.5 Å². The highest BCUT2D eigenvalue weighted by Crippen LogP contribution is 2.36. The second-order valence-corrected chi connectivity index (χ2v) is 9.90. The van der Waals surface area contributed by atoms with Crippen molar-refractivity contribution in [1.82, 2.24) is 14.5 Å². The van der Waals surface area contributed by atoms with E-state index in [2.05, 4.69) is 30.1 Å². The van der Waals surface area contributed by atoms with Gasteiger partial charge in [-0.15, -0.1) is 11.3 Å². The number of rotatable bonds is 3. The fourth-order valence-electron chi connectivity index (χ4n) is 5.04. The van der Waals surface area contributed by atoms with Crippen molar-refractivity contribution in [2.45, 2.75) is 58.0 Å². The van der Waals surface area contributed by atoms with Crippen molar-refractivity contribution in [3.8, 4) is 0 Å². The highest BCUT2D eigenvalue weighted by atomic mass is 32.1. The van der Waals surface area contributed by atoms with E-state index in [1.165, 1.54) is 26.1 Å². The van der Waals surface area contributed by atoms with Gasteiger partial charge in [0.15, 0.2) is 0 Å². The topological polar surface area (TPSA) is 55.2 Å². The number of amides is 1. The quantitative estimate of drug-likeness (QED) is 0.639. The molecule has 5 rings (SSSR count). The number of carbonyl (C=O) groups is 1. The summed E-state index contributed by atoms with van der Waals surface area (Å²) in [4.78, 5) is 34.8. The molecule has 2 unspecified atom stereocenters. The highest BCUT2D eigenvalue weighted by molar-refractivity contribution is 7.18. The van der Waals surface area contributed by atoms with Crippen LogP contribution in [0.4, 0.5) is 0 Å². The molecule has 5 nitrogen and oxygen atoms in total. The summed E-state index contributed by atoms with van der Waals surface area (Å²) in [7, 11) is 1.86. The van der Waals surface area contributed by atoms with Crippen LogP contribution in [0.5, 0.6) is 0 Å². The molecule has 2 atom stereocenters. The maximum atomic E-state index is 13.2. The summed E-state index contributed by atoms with van der Waals surface area (Å²) >= 11 is 1.65. The largest absolute Gasteiger partial charge is 0.337 e. The summed E-state index contributed by atoms with van der Waals surface area (Å²) in [6.07, 6.45) is 7.72. The number of fused-ring (bicyclic) bond motifs is 4. The van der Waals surface area contributed by atoms with Crippen LogP contribution in [0, 0.1) is 5.92 Å². The van der Waals surface area contributed by atoms with Crippen LogP contribution in [0.1, 0.15) is 53.8 Å². The Bertz CT molecular complexity index is 1180. The number of benzene rings is 1. The number of aromatic nitrogens is 2. The van der Waals surface area contributed by atoms with E-state index in [1.807, 2.05) is 18.0 Å². The number of thiophene rings is 1. The second-order valence-electron chi connectivity index (χ2n) is 8.82. The van der Waals surface area contributed by atoms with Gasteiger partial charge in [-0.05, 0) is 61.1 Å². The van der Waals surface area contributed by atoms with Gasteiger partial charge in [-0.3, -0.25) is 14.2 Å². The van der Waals surface area contributed by atoms with E-state index in [-0.39, 0.29) is 24.1 Å². The van der Waals surface area contributed by atoms with Crippen LogP contribution < -0.4 is 5.56 Å².